The highest BCUT2D eigenvalue weighted by molar-refractivity contribution is 14.0. The van der Waals surface area contributed by atoms with Gasteiger partial charge in [0.2, 0.25) is 0 Å². The fourth-order valence-electron chi connectivity index (χ4n) is 3.44. The Morgan fingerprint density at radius 1 is 1.36 bits per heavy atom. The van der Waals surface area contributed by atoms with Crippen molar-refractivity contribution < 1.29 is 9.47 Å². The molecule has 1 unspecified atom stereocenters. The number of hydrogen-bond donors (Lipinski definition) is 2. The normalized spacial score (nSPS) is 16.5. The van der Waals surface area contributed by atoms with Crippen molar-refractivity contribution in [1.82, 2.24) is 20.4 Å². The predicted octanol–water partition coefficient (Wildman–Crippen LogP) is 2.58. The first-order valence-corrected chi connectivity index (χ1v) is 10.1. The van der Waals surface area contributed by atoms with E-state index >= 15 is 0 Å². The van der Waals surface area contributed by atoms with E-state index in [1.165, 1.54) is 11.3 Å². The third-order valence-corrected chi connectivity index (χ3v) is 5.23. The van der Waals surface area contributed by atoms with Crippen LogP contribution in [0.1, 0.15) is 43.1 Å². The first-order chi connectivity index (χ1) is 13.0. The van der Waals surface area contributed by atoms with Crippen LogP contribution in [0.5, 0.6) is 0 Å². The number of nitrogens with one attached hydrogen (secondary N) is 2. The Kier molecular flexibility index (Phi) is 12.0. The van der Waals surface area contributed by atoms with Crippen molar-refractivity contribution in [2.24, 2.45) is 18.0 Å². The maximum absolute atomic E-state index is 5.81. The third kappa shape index (κ3) is 8.24. The quantitative estimate of drug-likeness (QED) is 0.233. The lowest BCUT2D eigenvalue weighted by Crippen LogP contribution is -2.43. The van der Waals surface area contributed by atoms with E-state index in [9.17, 15) is 0 Å². The minimum Gasteiger partial charge on any atom is -0.381 e. The molecular weight excluding hydrogens is 469 g/mol. The zero-order chi connectivity index (χ0) is 19.6. The van der Waals surface area contributed by atoms with Crippen LogP contribution in [0.3, 0.4) is 0 Å². The van der Waals surface area contributed by atoms with Crippen LogP contribution in [0.25, 0.3) is 0 Å². The molecule has 162 valence electrons. The maximum Gasteiger partial charge on any atom is 0.191 e. The SMILES string of the molecule is CN=C(NCCCOCC1CCOCC1)NC(C)Cc1c(C)nn(C)c1C.I. The summed E-state index contributed by atoms with van der Waals surface area (Å²) in [5.74, 6) is 1.51. The Morgan fingerprint density at radius 3 is 2.68 bits per heavy atom. The number of hydrogen-bond acceptors (Lipinski definition) is 4. The number of aryl methyl sites for hydroxylation is 2. The van der Waals surface area contributed by atoms with Gasteiger partial charge in [0, 0.05) is 58.8 Å². The van der Waals surface area contributed by atoms with Crippen molar-refractivity contribution in [1.29, 1.82) is 0 Å². The number of guanidine groups is 1. The van der Waals surface area contributed by atoms with E-state index in [1.807, 2.05) is 18.8 Å². The lowest BCUT2D eigenvalue weighted by Gasteiger charge is -2.22. The number of aliphatic imine (C=N–C) groups is 1. The molecular formula is C20H38IN5O2. The zero-order valence-corrected chi connectivity index (χ0v) is 20.4. The van der Waals surface area contributed by atoms with Gasteiger partial charge in [-0.25, -0.2) is 0 Å². The Hall–Kier alpha value is -0.870. The van der Waals surface area contributed by atoms with Gasteiger partial charge in [0.25, 0.3) is 0 Å². The number of ether oxygens (including phenoxy) is 2. The molecule has 1 aliphatic rings. The summed E-state index contributed by atoms with van der Waals surface area (Å²) in [6, 6.07) is 0.280. The lowest BCUT2D eigenvalue weighted by molar-refractivity contribution is 0.0203. The minimum atomic E-state index is 0. The van der Waals surface area contributed by atoms with Crippen LogP contribution in [-0.4, -0.2) is 61.8 Å². The average Bonchev–Trinajstić information content (AvgIpc) is 2.90. The molecule has 0 bridgehead atoms. The maximum atomic E-state index is 5.81. The van der Waals surface area contributed by atoms with Crippen molar-refractivity contribution in [2.75, 3.05) is 40.0 Å². The smallest absolute Gasteiger partial charge is 0.191 e. The van der Waals surface area contributed by atoms with E-state index < -0.39 is 0 Å². The molecule has 1 saturated heterocycles. The summed E-state index contributed by atoms with van der Waals surface area (Å²) in [6.45, 7) is 10.6. The fourth-order valence-corrected chi connectivity index (χ4v) is 3.44. The van der Waals surface area contributed by atoms with Crippen LogP contribution in [0.4, 0.5) is 0 Å². The van der Waals surface area contributed by atoms with Crippen LogP contribution >= 0.6 is 24.0 Å². The largest absolute Gasteiger partial charge is 0.381 e. The third-order valence-electron chi connectivity index (χ3n) is 5.23. The van der Waals surface area contributed by atoms with Crippen LogP contribution < -0.4 is 10.6 Å². The highest BCUT2D eigenvalue weighted by atomic mass is 127. The molecule has 7 nitrogen and oxygen atoms in total. The molecule has 8 heteroatoms. The van der Waals surface area contributed by atoms with Gasteiger partial charge in [-0.15, -0.1) is 24.0 Å². The summed E-state index contributed by atoms with van der Waals surface area (Å²) in [4.78, 5) is 4.33. The summed E-state index contributed by atoms with van der Waals surface area (Å²) in [5, 5.41) is 11.3. The molecule has 0 saturated carbocycles. The van der Waals surface area contributed by atoms with Crippen LogP contribution in [0.2, 0.25) is 0 Å². The summed E-state index contributed by atoms with van der Waals surface area (Å²) in [5.41, 5.74) is 3.65. The molecule has 1 aromatic heterocycles. The topological polar surface area (TPSA) is 72.7 Å². The van der Waals surface area contributed by atoms with Gasteiger partial charge in [-0.2, -0.15) is 5.10 Å². The molecule has 1 fully saturated rings. The van der Waals surface area contributed by atoms with Gasteiger partial charge in [-0.3, -0.25) is 9.67 Å². The highest BCUT2D eigenvalue weighted by Crippen LogP contribution is 2.15. The molecule has 1 aromatic rings. The van der Waals surface area contributed by atoms with E-state index in [2.05, 4.69) is 41.5 Å². The summed E-state index contributed by atoms with van der Waals surface area (Å²) in [6.07, 6.45) is 4.16. The molecule has 0 aliphatic carbocycles. The molecule has 0 radical (unpaired) electrons. The second-order valence-electron chi connectivity index (χ2n) is 7.51. The molecule has 0 spiro atoms. The monoisotopic (exact) mass is 507 g/mol. The number of aromatic nitrogens is 2. The summed E-state index contributed by atoms with van der Waals surface area (Å²) < 4.78 is 13.1. The van der Waals surface area contributed by atoms with Gasteiger partial charge in [0.05, 0.1) is 5.69 Å². The van der Waals surface area contributed by atoms with Crippen molar-refractivity contribution in [2.45, 2.75) is 52.5 Å². The van der Waals surface area contributed by atoms with Gasteiger partial charge >= 0.3 is 0 Å². The molecule has 1 atom stereocenters. The first-order valence-electron chi connectivity index (χ1n) is 10.1. The molecule has 0 aromatic carbocycles. The molecule has 0 amide bonds. The van der Waals surface area contributed by atoms with Gasteiger partial charge < -0.3 is 20.1 Å². The van der Waals surface area contributed by atoms with E-state index in [0.717, 1.165) is 70.3 Å². The minimum absolute atomic E-state index is 0. The van der Waals surface area contributed by atoms with E-state index in [1.54, 1.807) is 0 Å². The Balaban J connectivity index is 0.00000392. The van der Waals surface area contributed by atoms with Crippen LogP contribution in [0.15, 0.2) is 4.99 Å². The number of nitrogens with zero attached hydrogens (tertiary/aromatic N) is 3. The van der Waals surface area contributed by atoms with Crippen molar-refractivity contribution in [3.05, 3.63) is 17.0 Å². The second-order valence-corrected chi connectivity index (χ2v) is 7.51. The van der Waals surface area contributed by atoms with Crippen LogP contribution in [0, 0.1) is 19.8 Å². The van der Waals surface area contributed by atoms with Gasteiger partial charge in [-0.1, -0.05) is 0 Å². The number of rotatable bonds is 9. The predicted molar refractivity (Wildman–Crippen MR) is 125 cm³/mol. The van der Waals surface area contributed by atoms with Crippen molar-refractivity contribution in [3.63, 3.8) is 0 Å². The number of halogens is 1. The van der Waals surface area contributed by atoms with E-state index in [-0.39, 0.29) is 30.0 Å². The highest BCUT2D eigenvalue weighted by Gasteiger charge is 2.15. The van der Waals surface area contributed by atoms with Crippen molar-refractivity contribution in [3.8, 4) is 0 Å². The molecule has 28 heavy (non-hydrogen) atoms. The average molecular weight is 507 g/mol. The zero-order valence-electron chi connectivity index (χ0n) is 18.1. The first kappa shape index (κ1) is 25.2. The van der Waals surface area contributed by atoms with E-state index in [4.69, 9.17) is 9.47 Å². The molecule has 2 heterocycles. The van der Waals surface area contributed by atoms with Crippen molar-refractivity contribution >= 4 is 29.9 Å². The Labute approximate surface area is 187 Å². The van der Waals surface area contributed by atoms with Gasteiger partial charge in [0.15, 0.2) is 5.96 Å². The summed E-state index contributed by atoms with van der Waals surface area (Å²) in [7, 11) is 3.80. The van der Waals surface area contributed by atoms with E-state index in [0.29, 0.717) is 5.92 Å². The molecule has 2 rings (SSSR count). The second kappa shape index (κ2) is 13.4. The van der Waals surface area contributed by atoms with Crippen LogP contribution in [-0.2, 0) is 22.9 Å². The van der Waals surface area contributed by atoms with Gasteiger partial charge in [0.1, 0.15) is 0 Å². The standard InChI is InChI=1S/C20H37N5O2.HI/c1-15(13-19-16(2)24-25(5)17(19)3)23-20(21-4)22-9-6-10-27-14-18-7-11-26-12-8-18;/h15,18H,6-14H2,1-5H3,(H2,21,22,23);1H. The molecule has 2 N–H and O–H groups in total. The van der Waals surface area contributed by atoms with Gasteiger partial charge in [-0.05, 0) is 57.9 Å². The summed E-state index contributed by atoms with van der Waals surface area (Å²) >= 11 is 0. The lowest BCUT2D eigenvalue weighted by atomic mass is 10.0. The Bertz CT molecular complexity index is 600. The fraction of sp³-hybridized carbons (Fsp3) is 0.800. The Morgan fingerprint density at radius 2 is 2.07 bits per heavy atom. The molecule has 1 aliphatic heterocycles.